The number of aromatic nitrogens is 1. The number of carbonyl (C=O) groups excluding carboxylic acids is 1. The Labute approximate surface area is 322 Å². The van der Waals surface area contributed by atoms with Crippen molar-refractivity contribution in [2.24, 2.45) is 0 Å². The van der Waals surface area contributed by atoms with E-state index in [4.69, 9.17) is 5.73 Å². The van der Waals surface area contributed by atoms with Crippen LogP contribution >= 0.6 is 0 Å². The maximum atomic E-state index is 13.0. The van der Waals surface area contributed by atoms with Gasteiger partial charge in [0.05, 0.1) is 5.56 Å². The number of aromatic hydroxyl groups is 1. The molecule has 20 heteroatoms. The predicted molar refractivity (Wildman–Crippen MR) is 150 cm³/mol. The van der Waals surface area contributed by atoms with E-state index in [1.165, 1.54) is 36.5 Å². The molecule has 0 spiro atoms. The number of benzene rings is 3. The first kappa shape index (κ1) is 40.6. The quantitative estimate of drug-likeness (QED) is 0.0457. The molecule has 3 aromatic carbocycles. The fourth-order valence-electron chi connectivity index (χ4n) is 3.85. The monoisotopic (exact) mass is 693 g/mol. The SMILES string of the molecule is Nc1ccc(/C=C/c2ccc(NC(=O)c3cc(S(=O)(=O)O)c4cccnc4c3O)cc2S(=O)(=O)O)c(S(=O)(=O)O)c1.[H-].[H-].[H-].[Na+].[Na+].[Na+]. The predicted octanol–water partition coefficient (Wildman–Crippen LogP) is -5.97. The summed E-state index contributed by atoms with van der Waals surface area (Å²) in [5, 5.41) is 12.7. The van der Waals surface area contributed by atoms with Crippen LogP contribution < -0.4 is 99.7 Å². The van der Waals surface area contributed by atoms with Gasteiger partial charge in [-0.1, -0.05) is 24.3 Å². The molecular weight excluding hydrogens is 671 g/mol. The second-order valence-corrected chi connectivity index (χ2v) is 12.6. The molecule has 44 heavy (non-hydrogen) atoms. The fourth-order valence-corrected chi connectivity index (χ4v) is 5.99. The topological polar surface area (TPSA) is 251 Å². The van der Waals surface area contributed by atoms with Crippen LogP contribution in [-0.4, -0.2) is 54.9 Å². The molecule has 0 unspecified atom stereocenters. The summed E-state index contributed by atoms with van der Waals surface area (Å²) in [6.45, 7) is 0. The first-order chi connectivity index (χ1) is 19.0. The number of amides is 1. The number of phenols is 1. The Balaban J connectivity index is -0.00000323. The van der Waals surface area contributed by atoms with E-state index in [1.807, 2.05) is 0 Å². The van der Waals surface area contributed by atoms with Crippen LogP contribution in [0.2, 0.25) is 0 Å². The number of nitrogen functional groups attached to an aromatic ring is 1. The number of hydrogen-bond donors (Lipinski definition) is 6. The average Bonchev–Trinajstić information content (AvgIpc) is 2.87. The molecule has 0 saturated heterocycles. The molecule has 0 fully saturated rings. The van der Waals surface area contributed by atoms with Gasteiger partial charge in [-0.15, -0.1) is 0 Å². The van der Waals surface area contributed by atoms with Crippen molar-refractivity contribution in [3.05, 3.63) is 77.5 Å². The van der Waals surface area contributed by atoms with E-state index in [9.17, 15) is 48.8 Å². The Morgan fingerprint density at radius 1 is 0.773 bits per heavy atom. The van der Waals surface area contributed by atoms with Gasteiger partial charge in [-0.3, -0.25) is 23.4 Å². The molecule has 0 aliphatic rings. The van der Waals surface area contributed by atoms with E-state index in [0.29, 0.717) is 6.07 Å². The van der Waals surface area contributed by atoms with Crippen LogP contribution in [0.5, 0.6) is 5.75 Å². The zero-order valence-electron chi connectivity index (χ0n) is 26.3. The molecule has 0 aliphatic carbocycles. The standard InChI is InChI=1S/C24H19N3O11S3.3Na.3H/c25-15-7-5-13(19(10-15)39(30,31)32)3-4-14-6-8-16(11-20(14)40(33,34)35)27-24(29)18-12-21(41(36,37)38)17-2-1-9-26-22(17)23(18)28;;;;;;/h1-12,28H,25H2,(H,27,29)(H,30,31,32)(H,33,34,35)(H,36,37,38);;;;;;/q;3*+1;3*-1/b4-3+;;;;;;. The van der Waals surface area contributed by atoms with Crippen LogP contribution in [0.25, 0.3) is 23.1 Å². The van der Waals surface area contributed by atoms with E-state index >= 15 is 0 Å². The minimum Gasteiger partial charge on any atom is -1.00 e. The Hall–Kier alpha value is -1.39. The number of carbonyl (C=O) groups is 1. The summed E-state index contributed by atoms with van der Waals surface area (Å²) in [7, 11) is -14.5. The van der Waals surface area contributed by atoms with Gasteiger partial charge in [0, 0.05) is 23.0 Å². The summed E-state index contributed by atoms with van der Waals surface area (Å²) >= 11 is 0. The van der Waals surface area contributed by atoms with Crippen molar-refractivity contribution in [1.29, 1.82) is 0 Å². The number of nitrogens with zero attached hydrogens (tertiary/aromatic N) is 1. The third-order valence-corrected chi connectivity index (χ3v) is 8.37. The summed E-state index contributed by atoms with van der Waals surface area (Å²) in [6, 6.07) is 10.1. The van der Waals surface area contributed by atoms with Crippen molar-refractivity contribution in [1.82, 2.24) is 4.98 Å². The first-order valence-corrected chi connectivity index (χ1v) is 15.3. The molecule has 0 bridgehead atoms. The van der Waals surface area contributed by atoms with Crippen molar-refractivity contribution >= 4 is 70.7 Å². The van der Waals surface area contributed by atoms with Gasteiger partial charge in [0.2, 0.25) is 0 Å². The maximum Gasteiger partial charge on any atom is 1.00 e. The van der Waals surface area contributed by atoms with Crippen molar-refractivity contribution < 1.29 is 142 Å². The van der Waals surface area contributed by atoms with Gasteiger partial charge in [0.1, 0.15) is 20.2 Å². The van der Waals surface area contributed by atoms with Gasteiger partial charge in [0.15, 0.2) is 5.75 Å². The number of nitrogens with two attached hydrogens (primary N) is 1. The van der Waals surface area contributed by atoms with Gasteiger partial charge >= 0.3 is 88.7 Å². The summed E-state index contributed by atoms with van der Waals surface area (Å²) in [6.07, 6.45) is 3.47. The van der Waals surface area contributed by atoms with Crippen LogP contribution in [0, 0.1) is 0 Å². The Morgan fingerprint density at radius 2 is 1.30 bits per heavy atom. The number of nitrogens with one attached hydrogen (secondary N) is 1. The summed E-state index contributed by atoms with van der Waals surface area (Å²) < 4.78 is 100. The van der Waals surface area contributed by atoms with Crippen molar-refractivity contribution in [2.75, 3.05) is 11.1 Å². The zero-order chi connectivity index (χ0) is 30.3. The van der Waals surface area contributed by atoms with E-state index in [1.54, 1.807) is 0 Å². The number of anilines is 2. The van der Waals surface area contributed by atoms with Crippen LogP contribution in [0.15, 0.2) is 75.5 Å². The van der Waals surface area contributed by atoms with E-state index in [2.05, 4.69) is 10.3 Å². The zero-order valence-corrected chi connectivity index (χ0v) is 31.8. The van der Waals surface area contributed by atoms with Crippen LogP contribution in [0.1, 0.15) is 25.8 Å². The molecule has 14 nitrogen and oxygen atoms in total. The normalized spacial score (nSPS) is 11.7. The number of rotatable bonds is 7. The molecule has 0 radical (unpaired) electrons. The van der Waals surface area contributed by atoms with E-state index in [-0.39, 0.29) is 126 Å². The molecule has 1 amide bonds. The minimum atomic E-state index is -4.93. The van der Waals surface area contributed by atoms with Crippen LogP contribution in [-0.2, 0) is 30.4 Å². The number of hydrogen-bond acceptors (Lipinski definition) is 10. The third kappa shape index (κ3) is 9.34. The van der Waals surface area contributed by atoms with Crippen LogP contribution in [0.4, 0.5) is 11.4 Å². The fraction of sp³-hybridized carbons (Fsp3) is 0. The number of fused-ring (bicyclic) bond motifs is 1. The molecule has 4 aromatic rings. The van der Waals surface area contributed by atoms with Gasteiger partial charge in [0.25, 0.3) is 36.3 Å². The van der Waals surface area contributed by atoms with Gasteiger partial charge in [-0.05, 0) is 53.6 Å². The molecule has 1 aromatic heterocycles. The second kappa shape index (κ2) is 15.5. The molecule has 1 heterocycles. The number of phenolic OH excluding ortho intramolecular Hbond substituents is 1. The largest absolute Gasteiger partial charge is 1.00 e. The van der Waals surface area contributed by atoms with Gasteiger partial charge in [-0.2, -0.15) is 25.3 Å². The Morgan fingerprint density at radius 3 is 1.84 bits per heavy atom. The van der Waals surface area contributed by atoms with E-state index in [0.717, 1.165) is 30.4 Å². The molecule has 0 aliphatic heterocycles. The molecule has 7 N–H and O–H groups in total. The summed E-state index contributed by atoms with van der Waals surface area (Å²) in [5.41, 5.74) is 4.23. The minimum absolute atomic E-state index is 0. The molecule has 0 atom stereocenters. The summed E-state index contributed by atoms with van der Waals surface area (Å²) in [5.74, 6) is -1.85. The Bertz CT molecular complexity index is 2120. The van der Waals surface area contributed by atoms with Crippen molar-refractivity contribution in [3.8, 4) is 5.75 Å². The smallest absolute Gasteiger partial charge is 1.00 e. The summed E-state index contributed by atoms with van der Waals surface area (Å²) in [4.78, 5) is 14.8. The Kier molecular flexibility index (Phi) is 14.3. The average molecular weight is 694 g/mol. The van der Waals surface area contributed by atoms with Gasteiger partial charge < -0.3 is 20.4 Å². The second-order valence-electron chi connectivity index (χ2n) is 8.43. The molecule has 4 rings (SSSR count). The number of pyridine rings is 1. The third-order valence-electron chi connectivity index (χ3n) is 5.66. The van der Waals surface area contributed by atoms with Crippen molar-refractivity contribution in [2.45, 2.75) is 14.7 Å². The maximum absolute atomic E-state index is 13.0. The molecule has 0 saturated carbocycles. The molecular formula is C24H22N3Na3O11S3. The first-order valence-electron chi connectivity index (χ1n) is 11.0. The van der Waals surface area contributed by atoms with Crippen molar-refractivity contribution in [3.63, 3.8) is 0 Å². The van der Waals surface area contributed by atoms with E-state index < -0.39 is 62.3 Å². The van der Waals surface area contributed by atoms with Crippen LogP contribution in [0.3, 0.4) is 0 Å². The van der Waals surface area contributed by atoms with Gasteiger partial charge in [-0.25, -0.2) is 0 Å². The molecule has 220 valence electrons.